The summed E-state index contributed by atoms with van der Waals surface area (Å²) >= 11 is 0. The van der Waals surface area contributed by atoms with E-state index in [1.54, 1.807) is 24.3 Å². The highest BCUT2D eigenvalue weighted by Crippen LogP contribution is 2.27. The summed E-state index contributed by atoms with van der Waals surface area (Å²) in [6.07, 6.45) is 0. The second kappa shape index (κ2) is 5.69. The van der Waals surface area contributed by atoms with Crippen LogP contribution < -0.4 is 5.32 Å². The number of carboxylic acids is 1. The molecule has 0 amide bonds. The van der Waals surface area contributed by atoms with Gasteiger partial charge in [0.2, 0.25) is 0 Å². The van der Waals surface area contributed by atoms with Gasteiger partial charge in [0.05, 0.1) is 24.8 Å². The molecule has 0 radical (unpaired) electrons. The minimum Gasteiger partial charge on any atom is -0.478 e. The van der Waals surface area contributed by atoms with Crippen molar-refractivity contribution in [3.05, 3.63) is 42.0 Å². The smallest absolute Gasteiger partial charge is 0.336 e. The number of carboxylic acid groups (broad SMARTS) is 1. The molecule has 0 aliphatic carbocycles. The molecule has 5 nitrogen and oxygen atoms in total. The Labute approximate surface area is 110 Å². The lowest BCUT2D eigenvalue weighted by Gasteiger charge is -2.17. The Bertz CT molecular complexity index is 593. The van der Waals surface area contributed by atoms with E-state index in [0.29, 0.717) is 11.1 Å². The Morgan fingerprint density at radius 3 is 2.26 bits per heavy atom. The summed E-state index contributed by atoms with van der Waals surface area (Å²) in [7, 11) is 0. The molecule has 2 aromatic rings. The SMILES string of the molecule is O=C(O)c1ccc(NC(CO)CO)c2ccccc12. The average molecular weight is 261 g/mol. The van der Waals surface area contributed by atoms with E-state index >= 15 is 0 Å². The number of hydrogen-bond acceptors (Lipinski definition) is 4. The Balaban J connectivity index is 2.52. The van der Waals surface area contributed by atoms with Gasteiger partial charge >= 0.3 is 5.97 Å². The van der Waals surface area contributed by atoms with Crippen molar-refractivity contribution in [1.82, 2.24) is 0 Å². The highest BCUT2D eigenvalue weighted by Gasteiger charge is 2.13. The summed E-state index contributed by atoms with van der Waals surface area (Å²) in [5.74, 6) is -0.983. The fourth-order valence-corrected chi connectivity index (χ4v) is 1.98. The van der Waals surface area contributed by atoms with Gasteiger partial charge in [0, 0.05) is 11.1 Å². The third kappa shape index (κ3) is 2.67. The fourth-order valence-electron chi connectivity index (χ4n) is 1.98. The second-order valence-electron chi connectivity index (χ2n) is 4.22. The first-order chi connectivity index (χ1) is 9.17. The number of rotatable bonds is 5. The zero-order valence-corrected chi connectivity index (χ0v) is 10.2. The molecule has 2 rings (SSSR count). The predicted octanol–water partition coefficient (Wildman–Crippen LogP) is 1.30. The molecule has 5 heteroatoms. The van der Waals surface area contributed by atoms with Crippen LogP contribution in [0.25, 0.3) is 10.8 Å². The molecule has 2 aromatic carbocycles. The van der Waals surface area contributed by atoms with E-state index in [2.05, 4.69) is 5.32 Å². The zero-order chi connectivity index (χ0) is 13.8. The second-order valence-corrected chi connectivity index (χ2v) is 4.22. The van der Waals surface area contributed by atoms with Gasteiger partial charge in [-0.3, -0.25) is 0 Å². The maximum Gasteiger partial charge on any atom is 0.336 e. The average Bonchev–Trinajstić information content (AvgIpc) is 2.44. The van der Waals surface area contributed by atoms with E-state index in [1.165, 1.54) is 6.07 Å². The van der Waals surface area contributed by atoms with Crippen LogP contribution in [0.4, 0.5) is 5.69 Å². The summed E-state index contributed by atoms with van der Waals surface area (Å²) in [5, 5.41) is 31.7. The van der Waals surface area contributed by atoms with Gasteiger partial charge < -0.3 is 20.6 Å². The summed E-state index contributed by atoms with van der Waals surface area (Å²) < 4.78 is 0. The molecular formula is C14H15NO4. The van der Waals surface area contributed by atoms with Crippen LogP contribution in [0.1, 0.15) is 10.4 Å². The molecule has 0 bridgehead atoms. The van der Waals surface area contributed by atoms with E-state index in [9.17, 15) is 4.79 Å². The highest BCUT2D eigenvalue weighted by atomic mass is 16.4. The van der Waals surface area contributed by atoms with Gasteiger partial charge in [0.15, 0.2) is 0 Å². The molecule has 0 saturated carbocycles. The summed E-state index contributed by atoms with van der Waals surface area (Å²) in [4.78, 5) is 11.2. The monoisotopic (exact) mass is 261 g/mol. The van der Waals surface area contributed by atoms with Crippen LogP contribution in [0, 0.1) is 0 Å². The molecule has 0 atom stereocenters. The van der Waals surface area contributed by atoms with Crippen LogP contribution in [0.3, 0.4) is 0 Å². The maximum absolute atomic E-state index is 11.2. The molecule has 0 aliphatic rings. The van der Waals surface area contributed by atoms with Crippen LogP contribution in [0.15, 0.2) is 36.4 Å². The van der Waals surface area contributed by atoms with E-state index in [1.807, 2.05) is 6.07 Å². The van der Waals surface area contributed by atoms with E-state index in [0.717, 1.165) is 5.39 Å². The molecule has 0 aromatic heterocycles. The molecule has 0 fully saturated rings. The van der Waals surface area contributed by atoms with Crippen molar-refractivity contribution < 1.29 is 20.1 Å². The van der Waals surface area contributed by atoms with Crippen molar-refractivity contribution in [1.29, 1.82) is 0 Å². The van der Waals surface area contributed by atoms with Crippen LogP contribution in [0.5, 0.6) is 0 Å². The zero-order valence-electron chi connectivity index (χ0n) is 10.2. The van der Waals surface area contributed by atoms with Crippen LogP contribution in [-0.2, 0) is 0 Å². The van der Waals surface area contributed by atoms with Crippen molar-refractivity contribution in [2.24, 2.45) is 0 Å². The fraction of sp³-hybridized carbons (Fsp3) is 0.214. The molecule has 0 unspecified atom stereocenters. The maximum atomic E-state index is 11.2. The van der Waals surface area contributed by atoms with Crippen molar-refractivity contribution >= 4 is 22.4 Å². The third-order valence-electron chi connectivity index (χ3n) is 2.95. The lowest BCUT2D eigenvalue weighted by atomic mass is 10.0. The van der Waals surface area contributed by atoms with Gasteiger partial charge in [-0.25, -0.2) is 4.79 Å². The van der Waals surface area contributed by atoms with E-state index < -0.39 is 12.0 Å². The molecule has 100 valence electrons. The molecule has 4 N–H and O–H groups in total. The van der Waals surface area contributed by atoms with E-state index in [-0.39, 0.29) is 18.8 Å². The van der Waals surface area contributed by atoms with E-state index in [4.69, 9.17) is 15.3 Å². The molecule has 0 saturated heterocycles. The van der Waals surface area contributed by atoms with Crippen LogP contribution in [0.2, 0.25) is 0 Å². The third-order valence-corrected chi connectivity index (χ3v) is 2.95. The van der Waals surface area contributed by atoms with Crippen molar-refractivity contribution in [2.75, 3.05) is 18.5 Å². The predicted molar refractivity (Wildman–Crippen MR) is 72.5 cm³/mol. The quantitative estimate of drug-likeness (QED) is 0.651. The Kier molecular flexibility index (Phi) is 3.99. The number of carbonyl (C=O) groups is 1. The summed E-state index contributed by atoms with van der Waals surface area (Å²) in [6.45, 7) is -0.406. The number of hydrogen-bond donors (Lipinski definition) is 4. The first-order valence-electron chi connectivity index (χ1n) is 5.90. The number of aromatic carboxylic acids is 1. The standard InChI is InChI=1S/C14H15NO4/c16-7-9(8-17)15-13-6-5-12(14(18)19)10-3-1-2-4-11(10)13/h1-6,9,15-17H,7-8H2,(H,18,19). The van der Waals surface area contributed by atoms with Gasteiger partial charge in [-0.2, -0.15) is 0 Å². The Morgan fingerprint density at radius 2 is 1.68 bits per heavy atom. The van der Waals surface area contributed by atoms with Gasteiger partial charge in [-0.05, 0) is 17.5 Å². The normalized spacial score (nSPS) is 10.9. The Morgan fingerprint density at radius 1 is 1.05 bits per heavy atom. The van der Waals surface area contributed by atoms with Gasteiger partial charge in [-0.1, -0.05) is 24.3 Å². The number of nitrogens with one attached hydrogen (secondary N) is 1. The number of fused-ring (bicyclic) bond motifs is 1. The number of aliphatic hydroxyl groups is 2. The van der Waals surface area contributed by atoms with Crippen LogP contribution in [-0.4, -0.2) is 40.5 Å². The van der Waals surface area contributed by atoms with Crippen molar-refractivity contribution in [2.45, 2.75) is 6.04 Å². The molecule has 0 heterocycles. The largest absolute Gasteiger partial charge is 0.478 e. The molecular weight excluding hydrogens is 246 g/mol. The van der Waals surface area contributed by atoms with Gasteiger partial charge in [0.25, 0.3) is 0 Å². The summed E-state index contributed by atoms with van der Waals surface area (Å²) in [5.41, 5.74) is 0.916. The molecule has 19 heavy (non-hydrogen) atoms. The van der Waals surface area contributed by atoms with Crippen molar-refractivity contribution in [3.63, 3.8) is 0 Å². The van der Waals surface area contributed by atoms with Crippen LogP contribution >= 0.6 is 0 Å². The number of benzene rings is 2. The number of anilines is 1. The first kappa shape index (κ1) is 13.3. The minimum atomic E-state index is -0.983. The minimum absolute atomic E-state index is 0.203. The number of aliphatic hydroxyl groups excluding tert-OH is 2. The Hall–Kier alpha value is -2.11. The lowest BCUT2D eigenvalue weighted by molar-refractivity contribution is 0.0699. The summed E-state index contributed by atoms with van der Waals surface area (Å²) in [6, 6.07) is 9.80. The molecule has 0 spiro atoms. The van der Waals surface area contributed by atoms with Gasteiger partial charge in [-0.15, -0.1) is 0 Å². The lowest BCUT2D eigenvalue weighted by Crippen LogP contribution is -2.27. The first-order valence-corrected chi connectivity index (χ1v) is 5.90. The van der Waals surface area contributed by atoms with Gasteiger partial charge in [0.1, 0.15) is 0 Å². The highest BCUT2D eigenvalue weighted by molar-refractivity contribution is 6.07. The van der Waals surface area contributed by atoms with Crippen molar-refractivity contribution in [3.8, 4) is 0 Å². The molecule has 0 aliphatic heterocycles. The topological polar surface area (TPSA) is 89.8 Å².